The molecule has 2 aromatic carbocycles. The van der Waals surface area contributed by atoms with Gasteiger partial charge in [0.2, 0.25) is 0 Å². The summed E-state index contributed by atoms with van der Waals surface area (Å²) in [4.78, 5) is 10.9. The number of esters is 1. The Morgan fingerprint density at radius 3 is 1.77 bits per heavy atom. The van der Waals surface area contributed by atoms with Gasteiger partial charge in [-0.3, -0.25) is 4.79 Å². The van der Waals surface area contributed by atoms with E-state index in [2.05, 4.69) is 22.9 Å². The minimum absolute atomic E-state index is 0.166. The van der Waals surface area contributed by atoms with Gasteiger partial charge in [-0.15, -0.1) is 0 Å². The van der Waals surface area contributed by atoms with Crippen LogP contribution < -0.4 is 4.74 Å². The van der Waals surface area contributed by atoms with Crippen molar-refractivity contribution in [3.05, 3.63) is 54.6 Å². The van der Waals surface area contributed by atoms with Crippen LogP contribution in [0.15, 0.2) is 64.8 Å². The van der Waals surface area contributed by atoms with Crippen LogP contribution in [0, 0.1) is 0 Å². The van der Waals surface area contributed by atoms with Crippen LogP contribution >= 0.6 is 12.6 Å². The highest BCUT2D eigenvalue weighted by molar-refractivity contribution is 7.81. The first-order valence-corrected chi connectivity index (χ1v) is 11.9. The first-order chi connectivity index (χ1) is 15.3. The molecule has 5 nitrogen and oxygen atoms in total. The van der Waals surface area contributed by atoms with Gasteiger partial charge in [0.25, 0.3) is 0 Å². The molecule has 0 aliphatic rings. The molecule has 0 heterocycles. The van der Waals surface area contributed by atoms with Crippen LogP contribution in [0.2, 0.25) is 0 Å². The Labute approximate surface area is 191 Å². The fraction of sp³-hybridized carbons (Fsp3) is 0.480. The predicted octanol–water partition coefficient (Wildman–Crippen LogP) is 7.46. The Balaban J connectivity index is 1.43. The maximum absolute atomic E-state index is 10.9. The minimum atomic E-state index is -0.227. The van der Waals surface area contributed by atoms with Crippen LogP contribution in [0.4, 0.5) is 11.4 Å². The van der Waals surface area contributed by atoms with Crippen molar-refractivity contribution in [1.29, 1.82) is 0 Å². The molecule has 6 heteroatoms. The Hall–Kier alpha value is -2.34. The number of azo groups is 1. The summed E-state index contributed by atoms with van der Waals surface area (Å²) in [5.41, 5.74) is 1.66. The third-order valence-electron chi connectivity index (χ3n) is 4.82. The molecule has 0 bridgehead atoms. The highest BCUT2D eigenvalue weighted by Gasteiger charge is 1.99. The van der Waals surface area contributed by atoms with Gasteiger partial charge < -0.3 is 9.47 Å². The lowest BCUT2D eigenvalue weighted by Crippen LogP contribution is -2.06. The number of rotatable bonds is 16. The normalized spacial score (nSPS) is 11.0. The van der Waals surface area contributed by atoms with Crippen molar-refractivity contribution in [1.82, 2.24) is 0 Å². The average Bonchev–Trinajstić information content (AvgIpc) is 2.82. The number of carbonyl (C=O) groups is 1. The van der Waals surface area contributed by atoms with Crippen LogP contribution in [-0.2, 0) is 9.53 Å². The Kier molecular flexibility index (Phi) is 13.2. The third-order valence-corrected chi connectivity index (χ3v) is 5.08. The van der Waals surface area contributed by atoms with Crippen molar-refractivity contribution in [2.45, 2.75) is 57.8 Å². The summed E-state index contributed by atoms with van der Waals surface area (Å²) in [5.74, 6) is 0.813. The lowest BCUT2D eigenvalue weighted by molar-refractivity contribution is -0.140. The van der Waals surface area contributed by atoms with Gasteiger partial charge in [0, 0.05) is 0 Å². The first kappa shape index (κ1) is 24.9. The number of ether oxygens (including phenoxy) is 2. The highest BCUT2D eigenvalue weighted by Crippen LogP contribution is 2.21. The number of hydrogen-bond acceptors (Lipinski definition) is 6. The number of benzene rings is 2. The van der Waals surface area contributed by atoms with Gasteiger partial charge in [0.15, 0.2) is 0 Å². The summed E-state index contributed by atoms with van der Waals surface area (Å²) in [6, 6.07) is 17.4. The van der Waals surface area contributed by atoms with Gasteiger partial charge in [-0.1, -0.05) is 63.1 Å². The van der Waals surface area contributed by atoms with Gasteiger partial charge in [0.05, 0.1) is 30.3 Å². The van der Waals surface area contributed by atoms with E-state index < -0.39 is 0 Å². The van der Waals surface area contributed by atoms with Crippen molar-refractivity contribution in [3.8, 4) is 5.75 Å². The number of nitrogens with zero attached hydrogens (tertiary/aromatic N) is 2. The first-order valence-electron chi connectivity index (χ1n) is 11.2. The molecule has 0 fully saturated rings. The molecular weight excluding hydrogens is 408 g/mol. The number of hydrogen-bond donors (Lipinski definition) is 1. The highest BCUT2D eigenvalue weighted by atomic mass is 32.1. The molecule has 0 spiro atoms. The maximum Gasteiger partial charge on any atom is 0.315 e. The monoisotopic (exact) mass is 442 g/mol. The summed E-state index contributed by atoms with van der Waals surface area (Å²) in [6.45, 7) is 1.27. The average molecular weight is 443 g/mol. The van der Waals surface area contributed by atoms with Gasteiger partial charge in [-0.2, -0.15) is 22.9 Å². The van der Waals surface area contributed by atoms with Gasteiger partial charge >= 0.3 is 5.97 Å². The van der Waals surface area contributed by atoms with Gasteiger partial charge in [-0.05, 0) is 49.2 Å². The fourth-order valence-corrected chi connectivity index (χ4v) is 3.17. The molecule has 168 valence electrons. The SMILES string of the molecule is O=C(CS)OCCCCCCCCCCCOc1ccc(/N=N/c2ccccc2)cc1. The third kappa shape index (κ3) is 12.2. The van der Waals surface area contributed by atoms with Crippen LogP contribution in [-0.4, -0.2) is 24.9 Å². The smallest absolute Gasteiger partial charge is 0.315 e. The standard InChI is InChI=1S/C25H34N2O3S/c28-25(21-31)30-20-12-7-5-3-1-2-4-6-11-19-29-24-17-15-23(16-18-24)27-26-22-13-9-8-10-14-22/h8-10,13-18,31H,1-7,11-12,19-21H2/b27-26+. The zero-order valence-corrected chi connectivity index (χ0v) is 19.1. The van der Waals surface area contributed by atoms with Gasteiger partial charge in [-0.25, -0.2) is 0 Å². The lowest BCUT2D eigenvalue weighted by Gasteiger charge is -2.06. The van der Waals surface area contributed by atoms with E-state index in [1.54, 1.807) is 0 Å². The summed E-state index contributed by atoms with van der Waals surface area (Å²) in [5, 5.41) is 8.46. The summed E-state index contributed by atoms with van der Waals surface area (Å²) < 4.78 is 10.8. The molecule has 0 unspecified atom stereocenters. The van der Waals surface area contributed by atoms with Crippen molar-refractivity contribution >= 4 is 30.0 Å². The molecule has 0 aromatic heterocycles. The van der Waals surface area contributed by atoms with E-state index in [1.165, 1.54) is 38.5 Å². The molecule has 0 saturated heterocycles. The molecule has 0 amide bonds. The molecule has 0 aliphatic heterocycles. The molecule has 0 atom stereocenters. The molecule has 31 heavy (non-hydrogen) atoms. The molecular formula is C25H34N2O3S. The van der Waals surface area contributed by atoms with E-state index in [9.17, 15) is 4.79 Å². The predicted molar refractivity (Wildman–Crippen MR) is 129 cm³/mol. The second-order valence-electron chi connectivity index (χ2n) is 7.44. The Bertz CT molecular complexity index is 751. The van der Waals surface area contributed by atoms with Crippen LogP contribution in [0.25, 0.3) is 0 Å². The number of unbranched alkanes of at least 4 members (excludes halogenated alkanes) is 8. The summed E-state index contributed by atoms with van der Waals surface area (Å²) in [7, 11) is 0. The maximum atomic E-state index is 10.9. The quantitative estimate of drug-likeness (QED) is 0.127. The molecule has 0 N–H and O–H groups in total. The van der Waals surface area contributed by atoms with E-state index in [0.717, 1.165) is 43.0 Å². The van der Waals surface area contributed by atoms with E-state index in [-0.39, 0.29) is 11.7 Å². The summed E-state index contributed by atoms with van der Waals surface area (Å²) in [6.07, 6.45) is 10.6. The molecule has 0 aliphatic carbocycles. The second-order valence-corrected chi connectivity index (χ2v) is 7.75. The Morgan fingerprint density at radius 1 is 0.677 bits per heavy atom. The van der Waals surface area contributed by atoms with Gasteiger partial charge in [0.1, 0.15) is 5.75 Å². The minimum Gasteiger partial charge on any atom is -0.494 e. The summed E-state index contributed by atoms with van der Waals surface area (Å²) >= 11 is 3.88. The van der Waals surface area contributed by atoms with Crippen LogP contribution in [0.5, 0.6) is 5.75 Å². The lowest BCUT2D eigenvalue weighted by atomic mass is 10.1. The van der Waals surface area contributed by atoms with E-state index in [0.29, 0.717) is 6.61 Å². The van der Waals surface area contributed by atoms with E-state index >= 15 is 0 Å². The fourth-order valence-electron chi connectivity index (χ4n) is 3.08. The molecule has 2 aromatic rings. The Morgan fingerprint density at radius 2 is 1.19 bits per heavy atom. The second kappa shape index (κ2) is 16.4. The van der Waals surface area contributed by atoms with E-state index in [1.807, 2.05) is 54.6 Å². The van der Waals surface area contributed by atoms with Crippen molar-refractivity contribution in [3.63, 3.8) is 0 Å². The van der Waals surface area contributed by atoms with Crippen LogP contribution in [0.1, 0.15) is 57.8 Å². The number of carbonyl (C=O) groups excluding carboxylic acids is 1. The van der Waals surface area contributed by atoms with E-state index in [4.69, 9.17) is 9.47 Å². The number of thiol groups is 1. The largest absolute Gasteiger partial charge is 0.494 e. The molecule has 0 radical (unpaired) electrons. The van der Waals surface area contributed by atoms with Crippen molar-refractivity contribution in [2.24, 2.45) is 10.2 Å². The molecule has 2 rings (SSSR count). The van der Waals surface area contributed by atoms with Crippen molar-refractivity contribution < 1.29 is 14.3 Å². The zero-order valence-electron chi connectivity index (χ0n) is 18.2. The molecule has 0 saturated carbocycles. The van der Waals surface area contributed by atoms with Crippen LogP contribution in [0.3, 0.4) is 0 Å². The zero-order chi connectivity index (χ0) is 22.0. The van der Waals surface area contributed by atoms with Crippen molar-refractivity contribution in [2.75, 3.05) is 19.0 Å². The topological polar surface area (TPSA) is 60.2 Å².